The maximum absolute atomic E-state index is 12.7. The SMILES string of the molecule is COCCn1c(=NC(=O)c2ccc(SC)cc2)sc2cc(OC)c(OC)cc21. The number of thioether (sulfide) groups is 1. The molecule has 0 aliphatic carbocycles. The number of carbonyl (C=O) groups excluding carboxylic acids is 1. The first-order chi connectivity index (χ1) is 13.6. The first-order valence-electron chi connectivity index (χ1n) is 8.58. The second-order valence-corrected chi connectivity index (χ2v) is 7.74. The number of thiazole rings is 1. The molecule has 0 fully saturated rings. The van der Waals surface area contributed by atoms with Crippen molar-refractivity contribution in [3.63, 3.8) is 0 Å². The number of hydrogen-bond donors (Lipinski definition) is 0. The van der Waals surface area contributed by atoms with E-state index in [4.69, 9.17) is 14.2 Å². The van der Waals surface area contributed by atoms with Crippen molar-refractivity contribution in [2.75, 3.05) is 34.2 Å². The van der Waals surface area contributed by atoms with Gasteiger partial charge >= 0.3 is 0 Å². The number of fused-ring (bicyclic) bond motifs is 1. The summed E-state index contributed by atoms with van der Waals surface area (Å²) in [5.41, 5.74) is 1.48. The lowest BCUT2D eigenvalue weighted by molar-refractivity contribution is 0.0997. The third-order valence-corrected chi connectivity index (χ3v) is 6.03. The van der Waals surface area contributed by atoms with Crippen molar-refractivity contribution < 1.29 is 19.0 Å². The number of benzene rings is 2. The zero-order valence-corrected chi connectivity index (χ0v) is 17.9. The van der Waals surface area contributed by atoms with E-state index in [0.29, 0.717) is 35.0 Å². The van der Waals surface area contributed by atoms with Crippen LogP contribution < -0.4 is 14.3 Å². The number of hydrogen-bond acceptors (Lipinski definition) is 6. The molecule has 0 saturated heterocycles. The second-order valence-electron chi connectivity index (χ2n) is 5.85. The Hall–Kier alpha value is -2.29. The quantitative estimate of drug-likeness (QED) is 0.546. The Morgan fingerprint density at radius 2 is 1.79 bits per heavy atom. The standard InChI is InChI=1S/C20H22N2O4S2/c1-24-10-9-22-15-11-16(25-2)17(26-3)12-18(15)28-20(22)21-19(23)13-5-7-14(27-4)8-6-13/h5-8,11-12H,9-10H2,1-4H3. The number of rotatable bonds is 7. The molecule has 0 aliphatic heterocycles. The summed E-state index contributed by atoms with van der Waals surface area (Å²) in [4.78, 5) is 18.8. The van der Waals surface area contributed by atoms with Gasteiger partial charge in [0.05, 0.1) is 31.0 Å². The topological polar surface area (TPSA) is 62.1 Å². The Balaban J connectivity index is 2.11. The lowest BCUT2D eigenvalue weighted by atomic mass is 10.2. The molecule has 0 N–H and O–H groups in total. The van der Waals surface area contributed by atoms with Gasteiger partial charge in [-0.15, -0.1) is 11.8 Å². The molecule has 0 bridgehead atoms. The highest BCUT2D eigenvalue weighted by molar-refractivity contribution is 7.98. The van der Waals surface area contributed by atoms with Gasteiger partial charge in [0.1, 0.15) is 0 Å². The van der Waals surface area contributed by atoms with Gasteiger partial charge in [-0.1, -0.05) is 11.3 Å². The smallest absolute Gasteiger partial charge is 0.279 e. The third-order valence-electron chi connectivity index (χ3n) is 4.24. The normalized spacial score (nSPS) is 11.8. The molecule has 0 spiro atoms. The largest absolute Gasteiger partial charge is 0.493 e. The predicted octanol–water partition coefficient (Wildman–Crippen LogP) is 3.83. The number of nitrogens with zero attached hydrogens (tertiary/aromatic N) is 2. The molecular weight excluding hydrogens is 396 g/mol. The van der Waals surface area contributed by atoms with Crippen LogP contribution in [0.5, 0.6) is 11.5 Å². The summed E-state index contributed by atoms with van der Waals surface area (Å²) in [6.45, 7) is 1.08. The number of aromatic nitrogens is 1. The monoisotopic (exact) mass is 418 g/mol. The second kappa shape index (κ2) is 9.27. The molecule has 0 atom stereocenters. The Morgan fingerprint density at radius 1 is 1.11 bits per heavy atom. The Bertz CT molecular complexity index is 1040. The molecule has 0 aliphatic rings. The highest BCUT2D eigenvalue weighted by Crippen LogP contribution is 2.33. The molecule has 8 heteroatoms. The van der Waals surface area contributed by atoms with E-state index in [2.05, 4.69) is 4.99 Å². The highest BCUT2D eigenvalue weighted by Gasteiger charge is 2.14. The fourth-order valence-electron chi connectivity index (χ4n) is 2.77. The Kier molecular flexibility index (Phi) is 6.77. The van der Waals surface area contributed by atoms with E-state index in [-0.39, 0.29) is 5.91 Å². The van der Waals surface area contributed by atoms with Crippen molar-refractivity contribution in [2.45, 2.75) is 11.4 Å². The maximum Gasteiger partial charge on any atom is 0.279 e. The van der Waals surface area contributed by atoms with Crippen LogP contribution in [-0.4, -0.2) is 44.7 Å². The van der Waals surface area contributed by atoms with E-state index in [0.717, 1.165) is 15.1 Å². The molecule has 2 aromatic carbocycles. The van der Waals surface area contributed by atoms with Crippen LogP contribution >= 0.6 is 23.1 Å². The molecule has 0 radical (unpaired) electrons. The van der Waals surface area contributed by atoms with Gasteiger partial charge in [-0.05, 0) is 30.5 Å². The Morgan fingerprint density at radius 3 is 2.39 bits per heavy atom. The zero-order valence-electron chi connectivity index (χ0n) is 16.2. The van der Waals surface area contributed by atoms with Crippen LogP contribution in [0.15, 0.2) is 46.3 Å². The van der Waals surface area contributed by atoms with Gasteiger partial charge in [0.15, 0.2) is 16.3 Å². The van der Waals surface area contributed by atoms with Crippen molar-refractivity contribution in [2.24, 2.45) is 4.99 Å². The maximum atomic E-state index is 12.7. The van der Waals surface area contributed by atoms with Crippen LogP contribution in [0.25, 0.3) is 10.2 Å². The average molecular weight is 419 g/mol. The zero-order chi connectivity index (χ0) is 20.1. The molecule has 28 heavy (non-hydrogen) atoms. The summed E-state index contributed by atoms with van der Waals surface area (Å²) in [5.74, 6) is 0.995. The van der Waals surface area contributed by atoms with Gasteiger partial charge in [-0.25, -0.2) is 0 Å². The van der Waals surface area contributed by atoms with Crippen molar-refractivity contribution in [1.29, 1.82) is 0 Å². The molecule has 3 aromatic rings. The van der Waals surface area contributed by atoms with Gasteiger partial charge < -0.3 is 18.8 Å². The molecule has 0 saturated carbocycles. The fourth-order valence-corrected chi connectivity index (χ4v) is 4.24. The molecular formula is C20H22N2O4S2. The first kappa shape index (κ1) is 20.4. The first-order valence-corrected chi connectivity index (χ1v) is 10.6. The highest BCUT2D eigenvalue weighted by atomic mass is 32.2. The minimum Gasteiger partial charge on any atom is -0.493 e. The van der Waals surface area contributed by atoms with Gasteiger partial charge in [0.25, 0.3) is 5.91 Å². The van der Waals surface area contributed by atoms with E-state index in [1.807, 2.05) is 35.1 Å². The van der Waals surface area contributed by atoms with E-state index in [1.54, 1.807) is 45.2 Å². The van der Waals surface area contributed by atoms with Crippen molar-refractivity contribution in [1.82, 2.24) is 4.57 Å². The number of carbonyl (C=O) groups is 1. The van der Waals surface area contributed by atoms with Crippen LogP contribution in [-0.2, 0) is 11.3 Å². The van der Waals surface area contributed by atoms with Gasteiger partial charge in [0.2, 0.25) is 0 Å². The van der Waals surface area contributed by atoms with E-state index >= 15 is 0 Å². The summed E-state index contributed by atoms with van der Waals surface area (Å²) < 4.78 is 19.0. The number of amides is 1. The van der Waals surface area contributed by atoms with Crippen LogP contribution in [0, 0.1) is 0 Å². The minimum absolute atomic E-state index is 0.274. The molecule has 0 unspecified atom stereocenters. The number of methoxy groups -OCH3 is 3. The summed E-state index contributed by atoms with van der Waals surface area (Å²) in [5, 5.41) is 0. The molecule has 3 rings (SSSR count). The Labute approximate surface area is 171 Å². The summed E-state index contributed by atoms with van der Waals surface area (Å²) in [6, 6.07) is 11.3. The molecule has 1 amide bonds. The van der Waals surface area contributed by atoms with Gasteiger partial charge in [0, 0.05) is 36.2 Å². The van der Waals surface area contributed by atoms with E-state index in [1.165, 1.54) is 11.3 Å². The van der Waals surface area contributed by atoms with E-state index < -0.39 is 0 Å². The van der Waals surface area contributed by atoms with Crippen LogP contribution in [0.4, 0.5) is 0 Å². The van der Waals surface area contributed by atoms with Crippen molar-refractivity contribution in [3.05, 3.63) is 46.8 Å². The van der Waals surface area contributed by atoms with Crippen molar-refractivity contribution in [3.8, 4) is 11.5 Å². The third kappa shape index (κ3) is 4.24. The molecule has 1 aromatic heterocycles. The van der Waals surface area contributed by atoms with Crippen molar-refractivity contribution >= 4 is 39.2 Å². The van der Waals surface area contributed by atoms with Gasteiger partial charge in [-0.2, -0.15) is 4.99 Å². The molecule has 6 nitrogen and oxygen atoms in total. The molecule has 148 valence electrons. The van der Waals surface area contributed by atoms with Crippen LogP contribution in [0.2, 0.25) is 0 Å². The lowest BCUT2D eigenvalue weighted by Crippen LogP contribution is -2.19. The van der Waals surface area contributed by atoms with Crippen LogP contribution in [0.1, 0.15) is 10.4 Å². The van der Waals surface area contributed by atoms with Crippen LogP contribution in [0.3, 0.4) is 0 Å². The van der Waals surface area contributed by atoms with E-state index in [9.17, 15) is 4.79 Å². The fraction of sp³-hybridized carbons (Fsp3) is 0.300. The molecule has 1 heterocycles. The average Bonchev–Trinajstić information content (AvgIpc) is 3.06. The summed E-state index contributed by atoms with van der Waals surface area (Å²) in [7, 11) is 4.85. The summed E-state index contributed by atoms with van der Waals surface area (Å²) in [6.07, 6.45) is 2.00. The summed E-state index contributed by atoms with van der Waals surface area (Å²) >= 11 is 3.07. The number of ether oxygens (including phenoxy) is 3. The van der Waals surface area contributed by atoms with Gasteiger partial charge in [-0.3, -0.25) is 4.79 Å². The minimum atomic E-state index is -0.274. The lowest BCUT2D eigenvalue weighted by Gasteiger charge is -2.09. The predicted molar refractivity (Wildman–Crippen MR) is 113 cm³/mol.